The van der Waals surface area contributed by atoms with E-state index < -0.39 is 5.82 Å². The first-order valence-corrected chi connectivity index (χ1v) is 9.95. The molecule has 7 nitrogen and oxygen atoms in total. The number of nitrogens with one attached hydrogen (secondary N) is 1. The van der Waals surface area contributed by atoms with Gasteiger partial charge in [-0.3, -0.25) is 4.79 Å². The van der Waals surface area contributed by atoms with Crippen molar-refractivity contribution < 1.29 is 18.4 Å². The van der Waals surface area contributed by atoms with Crippen LogP contribution in [0.5, 0.6) is 5.75 Å². The van der Waals surface area contributed by atoms with Crippen molar-refractivity contribution >= 4 is 24.1 Å². The van der Waals surface area contributed by atoms with Crippen LogP contribution in [-0.4, -0.2) is 63.3 Å². The molecule has 2 saturated heterocycles. The van der Waals surface area contributed by atoms with E-state index in [1.807, 2.05) is 19.0 Å². The summed E-state index contributed by atoms with van der Waals surface area (Å²) in [4.78, 5) is 17.3. The van der Waals surface area contributed by atoms with E-state index in [-0.39, 0.29) is 29.5 Å². The number of carbonyl (C=O) groups is 1. The highest BCUT2D eigenvalue weighted by Gasteiger charge is 2.41. The lowest BCUT2D eigenvalue weighted by Crippen LogP contribution is -2.47. The molecule has 4 rings (SSSR count). The smallest absolute Gasteiger partial charge is 0.261 e. The molecule has 2 aromatic rings. The second-order valence-electron chi connectivity index (χ2n) is 8.21. The van der Waals surface area contributed by atoms with Gasteiger partial charge in [0.05, 0.1) is 7.11 Å². The quantitative estimate of drug-likeness (QED) is 0.790. The first-order chi connectivity index (χ1) is 13.9. The lowest BCUT2D eigenvalue weighted by molar-refractivity contribution is 0.0554. The topological polar surface area (TPSA) is 70.8 Å². The maximum absolute atomic E-state index is 13.9. The van der Waals surface area contributed by atoms with Gasteiger partial charge in [0.2, 0.25) is 0 Å². The van der Waals surface area contributed by atoms with Crippen LogP contribution in [-0.2, 0) is 0 Å². The molecule has 1 amide bonds. The Morgan fingerprint density at radius 1 is 1.37 bits per heavy atom. The van der Waals surface area contributed by atoms with Gasteiger partial charge in [-0.2, -0.15) is 0 Å². The number of amides is 1. The van der Waals surface area contributed by atoms with Crippen molar-refractivity contribution in [1.29, 1.82) is 0 Å². The van der Waals surface area contributed by atoms with Crippen LogP contribution >= 0.6 is 12.4 Å². The van der Waals surface area contributed by atoms with Crippen molar-refractivity contribution in [2.24, 2.45) is 5.41 Å². The summed E-state index contributed by atoms with van der Waals surface area (Å²) in [5, 5.41) is 7.57. The number of methoxy groups -OCH3 is 1. The van der Waals surface area contributed by atoms with Gasteiger partial charge in [0.1, 0.15) is 5.56 Å². The van der Waals surface area contributed by atoms with E-state index in [0.717, 1.165) is 38.9 Å². The molecule has 1 spiro atoms. The van der Waals surface area contributed by atoms with Crippen LogP contribution in [0.3, 0.4) is 0 Å². The number of aromatic nitrogens is 1. The fourth-order valence-electron chi connectivity index (χ4n) is 4.46. The Hall–Kier alpha value is -2.32. The number of anilines is 1. The molecule has 30 heavy (non-hydrogen) atoms. The normalized spacial score (nSPS) is 20.9. The average molecular weight is 439 g/mol. The zero-order valence-electron chi connectivity index (χ0n) is 17.5. The van der Waals surface area contributed by atoms with Crippen molar-refractivity contribution in [3.8, 4) is 17.1 Å². The highest BCUT2D eigenvalue weighted by Crippen LogP contribution is 2.39. The maximum Gasteiger partial charge on any atom is 0.261 e. The Morgan fingerprint density at radius 3 is 2.83 bits per heavy atom. The van der Waals surface area contributed by atoms with Gasteiger partial charge in [-0.05, 0) is 44.0 Å². The third-order valence-corrected chi connectivity index (χ3v) is 6.01. The summed E-state index contributed by atoms with van der Waals surface area (Å²) >= 11 is 0. The van der Waals surface area contributed by atoms with Gasteiger partial charge in [-0.15, -0.1) is 12.4 Å². The predicted molar refractivity (Wildman–Crippen MR) is 115 cm³/mol. The maximum atomic E-state index is 13.9. The van der Waals surface area contributed by atoms with Gasteiger partial charge in [0.15, 0.2) is 23.1 Å². The minimum absolute atomic E-state index is 0. The number of hydrogen-bond donors (Lipinski definition) is 1. The standard InChI is InChI=1S/C21H27FN4O3.ClH/c1-25(2)19-17(18(29-24-19)14-5-6-15(22)16(11-14)28-3)20(27)26-10-4-7-21(13-26)8-9-23-12-21;/h5-6,11,23H,4,7-10,12-13H2,1-3H3;1H. The van der Waals surface area contributed by atoms with Crippen LogP contribution < -0.4 is 15.0 Å². The number of rotatable bonds is 4. The van der Waals surface area contributed by atoms with Gasteiger partial charge in [-0.25, -0.2) is 4.39 Å². The number of piperidine rings is 1. The van der Waals surface area contributed by atoms with Gasteiger partial charge in [-0.1, -0.05) is 5.16 Å². The molecule has 2 aliphatic heterocycles. The van der Waals surface area contributed by atoms with Crippen molar-refractivity contribution in [3.63, 3.8) is 0 Å². The van der Waals surface area contributed by atoms with Crippen LogP contribution in [0.2, 0.25) is 0 Å². The number of likely N-dealkylation sites (tertiary alicyclic amines) is 1. The Balaban J connectivity index is 0.00000256. The van der Waals surface area contributed by atoms with Crippen LogP contribution in [0.25, 0.3) is 11.3 Å². The molecular formula is C21H28ClFN4O3. The molecule has 1 unspecified atom stereocenters. The SMILES string of the molecule is COc1cc(-c2onc(N(C)C)c2C(=O)N2CCCC3(CCNC3)C2)ccc1F.Cl. The molecular weight excluding hydrogens is 411 g/mol. The van der Waals surface area contributed by atoms with Gasteiger partial charge < -0.3 is 24.4 Å². The molecule has 2 aliphatic rings. The summed E-state index contributed by atoms with van der Waals surface area (Å²) in [7, 11) is 5.05. The Bertz CT molecular complexity index is 912. The lowest BCUT2D eigenvalue weighted by atomic mass is 9.79. The summed E-state index contributed by atoms with van der Waals surface area (Å²) in [6.45, 7) is 3.38. The molecule has 1 N–H and O–H groups in total. The zero-order chi connectivity index (χ0) is 20.6. The van der Waals surface area contributed by atoms with Crippen LogP contribution in [0.15, 0.2) is 22.7 Å². The molecule has 1 aromatic carbocycles. The third-order valence-electron chi connectivity index (χ3n) is 6.01. The summed E-state index contributed by atoms with van der Waals surface area (Å²) in [5.74, 6) is 0.332. The molecule has 1 atom stereocenters. The fraction of sp³-hybridized carbons (Fsp3) is 0.524. The number of halogens is 2. The van der Waals surface area contributed by atoms with Crippen LogP contribution in [0, 0.1) is 11.2 Å². The van der Waals surface area contributed by atoms with Gasteiger partial charge in [0, 0.05) is 44.7 Å². The van der Waals surface area contributed by atoms with E-state index in [0.29, 0.717) is 29.2 Å². The molecule has 3 heterocycles. The van der Waals surface area contributed by atoms with E-state index in [1.54, 1.807) is 11.0 Å². The van der Waals surface area contributed by atoms with Crippen molar-refractivity contribution in [3.05, 3.63) is 29.6 Å². The number of ether oxygens (including phenoxy) is 1. The predicted octanol–water partition coefficient (Wildman–Crippen LogP) is 3.19. The first kappa shape index (κ1) is 22.4. The minimum atomic E-state index is -0.469. The molecule has 1 aromatic heterocycles. The Kier molecular flexibility index (Phi) is 6.57. The molecule has 9 heteroatoms. The number of carbonyl (C=O) groups excluding carboxylic acids is 1. The Labute approximate surface area is 181 Å². The first-order valence-electron chi connectivity index (χ1n) is 9.95. The molecule has 0 aliphatic carbocycles. The molecule has 2 fully saturated rings. The van der Waals surface area contributed by atoms with E-state index in [4.69, 9.17) is 9.26 Å². The second-order valence-corrected chi connectivity index (χ2v) is 8.21. The van der Waals surface area contributed by atoms with Crippen molar-refractivity contribution in [2.45, 2.75) is 19.3 Å². The summed E-state index contributed by atoms with van der Waals surface area (Å²) < 4.78 is 24.6. The summed E-state index contributed by atoms with van der Waals surface area (Å²) in [5.41, 5.74) is 1.12. The summed E-state index contributed by atoms with van der Waals surface area (Å²) in [6, 6.07) is 4.41. The van der Waals surface area contributed by atoms with E-state index in [2.05, 4.69) is 10.5 Å². The van der Waals surface area contributed by atoms with Gasteiger partial charge >= 0.3 is 0 Å². The molecule has 164 valence electrons. The third kappa shape index (κ3) is 3.98. The number of nitrogens with zero attached hydrogens (tertiary/aromatic N) is 3. The van der Waals surface area contributed by atoms with Crippen LogP contribution in [0.4, 0.5) is 10.2 Å². The van der Waals surface area contributed by atoms with Crippen molar-refractivity contribution in [1.82, 2.24) is 15.4 Å². The van der Waals surface area contributed by atoms with E-state index in [1.165, 1.54) is 19.2 Å². The van der Waals surface area contributed by atoms with E-state index in [9.17, 15) is 9.18 Å². The number of benzene rings is 1. The average Bonchev–Trinajstić information content (AvgIpc) is 3.35. The zero-order valence-corrected chi connectivity index (χ0v) is 18.4. The molecule has 0 radical (unpaired) electrons. The van der Waals surface area contributed by atoms with Crippen molar-refractivity contribution in [2.75, 3.05) is 52.3 Å². The molecule has 0 bridgehead atoms. The molecule has 0 saturated carbocycles. The number of hydrogen-bond acceptors (Lipinski definition) is 6. The van der Waals surface area contributed by atoms with Crippen LogP contribution in [0.1, 0.15) is 29.6 Å². The second kappa shape index (κ2) is 8.81. The summed E-state index contributed by atoms with van der Waals surface area (Å²) in [6.07, 6.45) is 3.20. The fourth-order valence-corrected chi connectivity index (χ4v) is 4.46. The lowest BCUT2D eigenvalue weighted by Gasteiger charge is -2.40. The largest absolute Gasteiger partial charge is 0.494 e. The minimum Gasteiger partial charge on any atom is -0.494 e. The van der Waals surface area contributed by atoms with E-state index >= 15 is 0 Å². The Morgan fingerprint density at radius 2 is 2.17 bits per heavy atom. The highest BCUT2D eigenvalue weighted by atomic mass is 35.5. The monoisotopic (exact) mass is 438 g/mol. The van der Waals surface area contributed by atoms with Gasteiger partial charge in [0.25, 0.3) is 5.91 Å². The highest BCUT2D eigenvalue weighted by molar-refractivity contribution is 6.04.